The van der Waals surface area contributed by atoms with Crippen molar-refractivity contribution in [2.45, 2.75) is 13.0 Å². The third-order valence-corrected chi connectivity index (χ3v) is 2.58. The van der Waals surface area contributed by atoms with Crippen LogP contribution in [0.2, 0.25) is 0 Å². The number of aromatic nitrogens is 2. The molecule has 1 aliphatic rings. The number of ether oxygens (including phenoxy) is 1. The minimum atomic E-state index is -1.01. The Bertz CT molecular complexity index is 512. The summed E-state index contributed by atoms with van der Waals surface area (Å²) in [6.07, 6.45) is -0.881. The lowest BCUT2D eigenvalue weighted by Gasteiger charge is -2.30. The van der Waals surface area contributed by atoms with Gasteiger partial charge in [-0.05, 0) is 13.0 Å². The summed E-state index contributed by atoms with van der Waals surface area (Å²) in [6, 6.07) is 3.54. The topological polar surface area (TPSA) is 99.3 Å². The van der Waals surface area contributed by atoms with Crippen molar-refractivity contribution in [3.8, 4) is 6.07 Å². The molecule has 7 nitrogen and oxygen atoms in total. The normalized spacial score (nSPS) is 19.3. The molecule has 0 bridgehead atoms. The van der Waals surface area contributed by atoms with Crippen LogP contribution < -0.4 is 4.90 Å². The van der Waals surface area contributed by atoms with Crippen LogP contribution in [0.1, 0.15) is 11.4 Å². The van der Waals surface area contributed by atoms with E-state index in [0.717, 1.165) is 0 Å². The average molecular weight is 248 g/mol. The summed E-state index contributed by atoms with van der Waals surface area (Å²) in [5.74, 6) is -0.631. The second-order valence-corrected chi connectivity index (χ2v) is 3.95. The van der Waals surface area contributed by atoms with Gasteiger partial charge in [-0.2, -0.15) is 5.26 Å². The number of morpholine rings is 1. The molecule has 0 amide bonds. The lowest BCUT2D eigenvalue weighted by Crippen LogP contribution is -2.46. The highest BCUT2D eigenvalue weighted by Crippen LogP contribution is 2.14. The molecule has 1 aliphatic heterocycles. The van der Waals surface area contributed by atoms with Crippen LogP contribution in [0, 0.1) is 18.3 Å². The van der Waals surface area contributed by atoms with Crippen LogP contribution in [0.3, 0.4) is 0 Å². The lowest BCUT2D eigenvalue weighted by atomic mass is 10.3. The van der Waals surface area contributed by atoms with Gasteiger partial charge in [-0.15, -0.1) is 0 Å². The smallest absolute Gasteiger partial charge is 0.334 e. The molecular formula is C11H12N4O3. The lowest BCUT2D eigenvalue weighted by molar-refractivity contribution is -0.150. The van der Waals surface area contributed by atoms with Crippen molar-refractivity contribution in [2.75, 3.05) is 24.6 Å². The number of hydrogen-bond acceptors (Lipinski definition) is 6. The number of anilines is 1. The Balaban J connectivity index is 2.23. The van der Waals surface area contributed by atoms with Crippen molar-refractivity contribution in [1.29, 1.82) is 5.26 Å². The molecule has 0 aromatic carbocycles. The van der Waals surface area contributed by atoms with Gasteiger partial charge < -0.3 is 14.7 Å². The van der Waals surface area contributed by atoms with Crippen molar-refractivity contribution < 1.29 is 14.6 Å². The van der Waals surface area contributed by atoms with Gasteiger partial charge in [0.2, 0.25) is 5.95 Å². The number of rotatable bonds is 2. The maximum absolute atomic E-state index is 10.9. The van der Waals surface area contributed by atoms with Gasteiger partial charge in [-0.25, -0.2) is 14.8 Å². The number of aliphatic carboxylic acids is 1. The van der Waals surface area contributed by atoms with Crippen molar-refractivity contribution in [2.24, 2.45) is 0 Å². The molecule has 1 fully saturated rings. The fourth-order valence-corrected chi connectivity index (χ4v) is 1.73. The molecule has 0 saturated carbocycles. The Kier molecular flexibility index (Phi) is 3.39. The molecule has 1 aromatic rings. The van der Waals surface area contributed by atoms with E-state index in [2.05, 4.69) is 9.97 Å². The van der Waals surface area contributed by atoms with E-state index in [0.29, 0.717) is 24.8 Å². The Morgan fingerprint density at radius 3 is 3.11 bits per heavy atom. The summed E-state index contributed by atoms with van der Waals surface area (Å²) in [5, 5.41) is 17.8. The van der Waals surface area contributed by atoms with Crippen molar-refractivity contribution in [1.82, 2.24) is 9.97 Å². The van der Waals surface area contributed by atoms with Gasteiger partial charge in [-0.1, -0.05) is 0 Å². The van der Waals surface area contributed by atoms with Crippen LogP contribution in [-0.4, -0.2) is 46.8 Å². The first-order valence-electron chi connectivity index (χ1n) is 5.45. The fourth-order valence-electron chi connectivity index (χ4n) is 1.73. The summed E-state index contributed by atoms with van der Waals surface area (Å²) < 4.78 is 5.12. The van der Waals surface area contributed by atoms with Crippen molar-refractivity contribution in [3.63, 3.8) is 0 Å². The van der Waals surface area contributed by atoms with Gasteiger partial charge in [0.15, 0.2) is 6.10 Å². The number of carbonyl (C=O) groups is 1. The zero-order valence-electron chi connectivity index (χ0n) is 9.83. The average Bonchev–Trinajstić information content (AvgIpc) is 2.38. The van der Waals surface area contributed by atoms with Crippen molar-refractivity contribution in [3.05, 3.63) is 17.5 Å². The zero-order chi connectivity index (χ0) is 13.1. The number of aryl methyl sites for hydroxylation is 1. The quantitative estimate of drug-likeness (QED) is 0.782. The van der Waals surface area contributed by atoms with E-state index < -0.39 is 12.1 Å². The molecule has 1 unspecified atom stereocenters. The molecule has 18 heavy (non-hydrogen) atoms. The van der Waals surface area contributed by atoms with Gasteiger partial charge in [-0.3, -0.25) is 0 Å². The molecule has 1 N–H and O–H groups in total. The van der Waals surface area contributed by atoms with E-state index in [1.807, 2.05) is 6.07 Å². The Morgan fingerprint density at radius 2 is 2.44 bits per heavy atom. The van der Waals surface area contributed by atoms with E-state index in [9.17, 15) is 4.79 Å². The van der Waals surface area contributed by atoms with Gasteiger partial charge >= 0.3 is 5.97 Å². The fraction of sp³-hybridized carbons (Fsp3) is 0.455. The Morgan fingerprint density at radius 1 is 1.67 bits per heavy atom. The van der Waals surface area contributed by atoms with Gasteiger partial charge in [0.1, 0.15) is 11.8 Å². The molecule has 0 aliphatic carbocycles. The summed E-state index contributed by atoms with van der Waals surface area (Å²) in [6.45, 7) is 2.76. The molecule has 94 valence electrons. The van der Waals surface area contributed by atoms with Crippen LogP contribution in [0.4, 0.5) is 5.95 Å². The first-order valence-corrected chi connectivity index (χ1v) is 5.45. The monoisotopic (exact) mass is 248 g/mol. The number of carboxylic acids is 1. The predicted molar refractivity (Wildman–Crippen MR) is 61.1 cm³/mol. The Labute approximate surface area is 104 Å². The van der Waals surface area contributed by atoms with Gasteiger partial charge in [0.25, 0.3) is 0 Å². The highest BCUT2D eigenvalue weighted by atomic mass is 16.5. The SMILES string of the molecule is Cc1cc(C#N)nc(N2CCOC(C(=O)O)C2)n1. The first-order chi connectivity index (χ1) is 8.60. The maximum atomic E-state index is 10.9. The molecule has 2 rings (SSSR count). The molecule has 7 heteroatoms. The van der Waals surface area contributed by atoms with E-state index in [1.54, 1.807) is 17.9 Å². The summed E-state index contributed by atoms with van der Waals surface area (Å²) in [4.78, 5) is 20.9. The molecule has 1 aromatic heterocycles. The van der Waals surface area contributed by atoms with E-state index in [1.165, 1.54) is 0 Å². The zero-order valence-corrected chi connectivity index (χ0v) is 9.83. The molecule has 1 saturated heterocycles. The molecule has 2 heterocycles. The molecule has 1 atom stereocenters. The van der Waals surface area contributed by atoms with Crippen LogP contribution in [-0.2, 0) is 9.53 Å². The van der Waals surface area contributed by atoms with Crippen LogP contribution in [0.15, 0.2) is 6.07 Å². The van der Waals surface area contributed by atoms with E-state index in [4.69, 9.17) is 15.1 Å². The third kappa shape index (κ3) is 2.55. The predicted octanol–water partition coefficient (Wildman–Crippen LogP) is -0.0535. The number of nitriles is 1. The van der Waals surface area contributed by atoms with Gasteiger partial charge in [0, 0.05) is 12.2 Å². The summed E-state index contributed by atoms with van der Waals surface area (Å²) in [7, 11) is 0. The number of hydrogen-bond donors (Lipinski definition) is 1. The van der Waals surface area contributed by atoms with E-state index >= 15 is 0 Å². The number of carboxylic acid groups (broad SMARTS) is 1. The highest BCUT2D eigenvalue weighted by Gasteiger charge is 2.27. The first kappa shape index (κ1) is 12.3. The largest absolute Gasteiger partial charge is 0.479 e. The standard InChI is InChI=1S/C11H12N4O3/c1-7-4-8(5-12)14-11(13-7)15-2-3-18-9(6-15)10(16)17/h4,9H,2-3,6H2,1H3,(H,16,17). The number of nitrogens with zero attached hydrogens (tertiary/aromatic N) is 4. The van der Waals surface area contributed by atoms with Gasteiger partial charge in [0.05, 0.1) is 13.2 Å². The molecular weight excluding hydrogens is 236 g/mol. The van der Waals surface area contributed by atoms with Crippen LogP contribution in [0.5, 0.6) is 0 Å². The highest BCUT2D eigenvalue weighted by molar-refractivity contribution is 5.73. The summed E-state index contributed by atoms with van der Waals surface area (Å²) >= 11 is 0. The molecule has 0 radical (unpaired) electrons. The van der Waals surface area contributed by atoms with Crippen molar-refractivity contribution >= 4 is 11.9 Å². The molecule has 0 spiro atoms. The summed E-state index contributed by atoms with van der Waals surface area (Å²) in [5.41, 5.74) is 0.950. The minimum Gasteiger partial charge on any atom is -0.479 e. The third-order valence-electron chi connectivity index (χ3n) is 2.58. The van der Waals surface area contributed by atoms with Crippen LogP contribution >= 0.6 is 0 Å². The second-order valence-electron chi connectivity index (χ2n) is 3.95. The Hall–Kier alpha value is -2.20. The maximum Gasteiger partial charge on any atom is 0.334 e. The van der Waals surface area contributed by atoms with Crippen LogP contribution in [0.25, 0.3) is 0 Å². The van der Waals surface area contributed by atoms with E-state index in [-0.39, 0.29) is 12.2 Å². The minimum absolute atomic E-state index is 0.184. The second kappa shape index (κ2) is 4.98.